The van der Waals surface area contributed by atoms with E-state index >= 15 is 0 Å². The van der Waals surface area contributed by atoms with Crippen molar-refractivity contribution in [2.75, 3.05) is 0 Å². The van der Waals surface area contributed by atoms with Crippen LogP contribution in [0.25, 0.3) is 0 Å². The van der Waals surface area contributed by atoms with Crippen LogP contribution in [0.15, 0.2) is 30.9 Å². The number of benzene rings is 1. The Labute approximate surface area is 84.2 Å². The highest BCUT2D eigenvalue weighted by Crippen LogP contribution is 2.23. The van der Waals surface area contributed by atoms with Crippen molar-refractivity contribution < 1.29 is 9.53 Å². The van der Waals surface area contributed by atoms with Gasteiger partial charge in [0.15, 0.2) is 0 Å². The number of aryl methyl sites for hydroxylation is 2. The summed E-state index contributed by atoms with van der Waals surface area (Å²) in [5.41, 5.74) is 2.01. The summed E-state index contributed by atoms with van der Waals surface area (Å²) in [5, 5.41) is 0. The number of hydrogen-bond donors (Lipinski definition) is 0. The van der Waals surface area contributed by atoms with E-state index in [4.69, 9.17) is 4.74 Å². The van der Waals surface area contributed by atoms with Crippen LogP contribution in [0.3, 0.4) is 0 Å². The lowest BCUT2D eigenvalue weighted by atomic mass is 10.1. The summed E-state index contributed by atoms with van der Waals surface area (Å²) in [4.78, 5) is 11.1. The number of carbonyl (C=O) groups is 1. The number of esters is 1. The number of rotatable bonds is 3. The summed E-state index contributed by atoms with van der Waals surface area (Å²) in [6.45, 7) is 7.32. The average Bonchev–Trinajstić information content (AvgIpc) is 2.20. The van der Waals surface area contributed by atoms with E-state index < -0.39 is 5.97 Å². The molecule has 0 unspecified atom stereocenters. The largest absolute Gasteiger partial charge is 0.423 e. The summed E-state index contributed by atoms with van der Waals surface area (Å²) in [6, 6.07) is 5.84. The molecule has 0 aliphatic rings. The fourth-order valence-corrected chi connectivity index (χ4v) is 1.28. The first-order chi connectivity index (χ1) is 6.69. The molecule has 14 heavy (non-hydrogen) atoms. The number of para-hydroxylation sites is 1. The second-order valence-corrected chi connectivity index (χ2v) is 3.04. The van der Waals surface area contributed by atoms with Crippen molar-refractivity contribution in [2.24, 2.45) is 0 Å². The van der Waals surface area contributed by atoms with Gasteiger partial charge in [0.05, 0.1) is 0 Å². The van der Waals surface area contributed by atoms with Gasteiger partial charge in [-0.25, -0.2) is 4.79 Å². The minimum Gasteiger partial charge on any atom is -0.423 e. The van der Waals surface area contributed by atoms with Gasteiger partial charge < -0.3 is 4.74 Å². The van der Waals surface area contributed by atoms with E-state index in [-0.39, 0.29) is 0 Å². The summed E-state index contributed by atoms with van der Waals surface area (Å²) in [7, 11) is 0. The van der Waals surface area contributed by atoms with E-state index in [1.54, 1.807) is 0 Å². The van der Waals surface area contributed by atoms with Crippen LogP contribution >= 0.6 is 0 Å². The molecular weight excluding hydrogens is 176 g/mol. The van der Waals surface area contributed by atoms with Crippen LogP contribution < -0.4 is 4.74 Å². The molecule has 74 valence electrons. The predicted octanol–water partition coefficient (Wildman–Crippen LogP) is 2.65. The Morgan fingerprint density at radius 2 is 2.29 bits per heavy atom. The predicted molar refractivity (Wildman–Crippen MR) is 56.4 cm³/mol. The topological polar surface area (TPSA) is 26.3 Å². The Morgan fingerprint density at radius 1 is 1.57 bits per heavy atom. The first-order valence-electron chi connectivity index (χ1n) is 4.61. The SMILES string of the molecule is C=CC(=O)Oc1c(C)cccc1CC. The van der Waals surface area contributed by atoms with Crippen molar-refractivity contribution >= 4 is 5.97 Å². The molecular formula is C12H14O2. The molecule has 2 nitrogen and oxygen atoms in total. The molecule has 0 fully saturated rings. The number of hydrogen-bond acceptors (Lipinski definition) is 2. The van der Waals surface area contributed by atoms with Gasteiger partial charge in [-0.15, -0.1) is 0 Å². The van der Waals surface area contributed by atoms with Gasteiger partial charge in [-0.1, -0.05) is 31.7 Å². The van der Waals surface area contributed by atoms with Crippen molar-refractivity contribution in [3.63, 3.8) is 0 Å². The fraction of sp³-hybridized carbons (Fsp3) is 0.250. The molecule has 0 amide bonds. The maximum absolute atomic E-state index is 11.1. The fourth-order valence-electron chi connectivity index (χ4n) is 1.28. The van der Waals surface area contributed by atoms with Crippen LogP contribution in [-0.2, 0) is 11.2 Å². The molecule has 0 saturated heterocycles. The van der Waals surface area contributed by atoms with Crippen molar-refractivity contribution in [3.05, 3.63) is 42.0 Å². The molecule has 0 atom stereocenters. The highest BCUT2D eigenvalue weighted by Gasteiger charge is 2.07. The first-order valence-corrected chi connectivity index (χ1v) is 4.61. The molecule has 1 rings (SSSR count). The summed E-state index contributed by atoms with van der Waals surface area (Å²) >= 11 is 0. The summed E-state index contributed by atoms with van der Waals surface area (Å²) < 4.78 is 5.16. The van der Waals surface area contributed by atoms with E-state index in [9.17, 15) is 4.79 Å². The molecule has 0 saturated carbocycles. The van der Waals surface area contributed by atoms with Gasteiger partial charge in [0, 0.05) is 6.08 Å². The molecule has 0 bridgehead atoms. The molecule has 1 aromatic carbocycles. The maximum atomic E-state index is 11.1. The Kier molecular flexibility index (Phi) is 3.46. The van der Waals surface area contributed by atoms with Gasteiger partial charge in [0.1, 0.15) is 5.75 Å². The van der Waals surface area contributed by atoms with Gasteiger partial charge in [-0.05, 0) is 24.5 Å². The highest BCUT2D eigenvalue weighted by molar-refractivity contribution is 5.83. The zero-order valence-electron chi connectivity index (χ0n) is 8.54. The average molecular weight is 190 g/mol. The van der Waals surface area contributed by atoms with Crippen LogP contribution in [-0.4, -0.2) is 5.97 Å². The normalized spacial score (nSPS) is 9.57. The van der Waals surface area contributed by atoms with Gasteiger partial charge in [-0.3, -0.25) is 0 Å². The second-order valence-electron chi connectivity index (χ2n) is 3.04. The Morgan fingerprint density at radius 3 is 2.86 bits per heavy atom. The minimum absolute atomic E-state index is 0.408. The third-order valence-corrected chi connectivity index (χ3v) is 2.04. The number of ether oxygens (including phenoxy) is 1. The van der Waals surface area contributed by atoms with Crippen LogP contribution in [0.2, 0.25) is 0 Å². The van der Waals surface area contributed by atoms with Crippen LogP contribution in [0.1, 0.15) is 18.1 Å². The third kappa shape index (κ3) is 2.22. The Hall–Kier alpha value is -1.57. The minimum atomic E-state index is -0.408. The lowest BCUT2D eigenvalue weighted by Gasteiger charge is -2.09. The van der Waals surface area contributed by atoms with E-state index in [1.165, 1.54) is 6.08 Å². The monoisotopic (exact) mass is 190 g/mol. The molecule has 0 heterocycles. The molecule has 2 heteroatoms. The van der Waals surface area contributed by atoms with E-state index in [0.717, 1.165) is 17.5 Å². The standard InChI is InChI=1S/C12H14O2/c1-4-10-8-6-7-9(3)12(10)14-11(13)5-2/h5-8H,2,4H2,1,3H3. The van der Waals surface area contributed by atoms with Gasteiger partial charge >= 0.3 is 5.97 Å². The second kappa shape index (κ2) is 4.61. The van der Waals surface area contributed by atoms with Gasteiger partial charge in [0.25, 0.3) is 0 Å². The molecule has 0 aliphatic heterocycles. The molecule has 1 aromatic rings. The zero-order chi connectivity index (χ0) is 10.6. The molecule has 0 spiro atoms. The molecule has 0 aliphatic carbocycles. The van der Waals surface area contributed by atoms with E-state index in [2.05, 4.69) is 6.58 Å². The van der Waals surface area contributed by atoms with Crippen LogP contribution in [0.4, 0.5) is 0 Å². The van der Waals surface area contributed by atoms with Gasteiger partial charge in [-0.2, -0.15) is 0 Å². The van der Waals surface area contributed by atoms with E-state index in [0.29, 0.717) is 5.75 Å². The van der Waals surface area contributed by atoms with Crippen LogP contribution in [0.5, 0.6) is 5.75 Å². The Balaban J connectivity index is 3.04. The smallest absolute Gasteiger partial charge is 0.335 e. The zero-order valence-corrected chi connectivity index (χ0v) is 8.54. The molecule has 0 aromatic heterocycles. The molecule has 0 N–H and O–H groups in total. The quantitative estimate of drug-likeness (QED) is 0.416. The summed E-state index contributed by atoms with van der Waals surface area (Å²) in [5.74, 6) is 0.258. The third-order valence-electron chi connectivity index (χ3n) is 2.04. The van der Waals surface area contributed by atoms with E-state index in [1.807, 2.05) is 32.0 Å². The summed E-state index contributed by atoms with van der Waals surface area (Å²) in [6.07, 6.45) is 2.02. The van der Waals surface area contributed by atoms with Crippen LogP contribution in [0, 0.1) is 6.92 Å². The maximum Gasteiger partial charge on any atom is 0.335 e. The first kappa shape index (κ1) is 10.5. The van der Waals surface area contributed by atoms with Crippen molar-refractivity contribution in [2.45, 2.75) is 20.3 Å². The van der Waals surface area contributed by atoms with Crippen molar-refractivity contribution in [3.8, 4) is 5.75 Å². The number of carbonyl (C=O) groups excluding carboxylic acids is 1. The lowest BCUT2D eigenvalue weighted by molar-refractivity contribution is -0.129. The Bertz CT molecular complexity index is 353. The van der Waals surface area contributed by atoms with Gasteiger partial charge in [0.2, 0.25) is 0 Å². The lowest BCUT2D eigenvalue weighted by Crippen LogP contribution is -2.06. The van der Waals surface area contributed by atoms with Crippen molar-refractivity contribution in [1.29, 1.82) is 0 Å². The molecule has 0 radical (unpaired) electrons. The van der Waals surface area contributed by atoms with Crippen molar-refractivity contribution in [1.82, 2.24) is 0 Å². The highest BCUT2D eigenvalue weighted by atomic mass is 16.5.